The first-order valence-electron chi connectivity index (χ1n) is 4.40. The maximum Gasteiger partial charge on any atom is 0.119 e. The van der Waals surface area contributed by atoms with Gasteiger partial charge < -0.3 is 10.1 Å². The Hall–Kier alpha value is -0.380. The number of methoxy groups -OCH3 is 1. The molecule has 78 valence electrons. The van der Waals surface area contributed by atoms with Crippen molar-refractivity contribution in [1.82, 2.24) is 5.32 Å². The predicted molar refractivity (Wildman–Crippen MR) is 62.7 cm³/mol. The van der Waals surface area contributed by atoms with Gasteiger partial charge in [0.25, 0.3) is 0 Å². The third-order valence-electron chi connectivity index (χ3n) is 2.12. The lowest BCUT2D eigenvalue weighted by molar-refractivity contribution is 0.413. The van der Waals surface area contributed by atoms with E-state index < -0.39 is 0 Å². The smallest absolute Gasteiger partial charge is 0.119 e. The van der Waals surface area contributed by atoms with E-state index in [9.17, 15) is 0 Å². The SMILES string of the molecule is COc1ccc2c(c1)CNCCS2.Cl. The Kier molecular flexibility index (Phi) is 4.58. The van der Waals surface area contributed by atoms with Gasteiger partial charge in [-0.2, -0.15) is 0 Å². The zero-order chi connectivity index (χ0) is 9.10. The van der Waals surface area contributed by atoms with Crippen molar-refractivity contribution in [3.63, 3.8) is 0 Å². The molecule has 1 aromatic rings. The van der Waals surface area contributed by atoms with Crippen molar-refractivity contribution >= 4 is 24.2 Å². The highest BCUT2D eigenvalue weighted by Gasteiger charge is 2.07. The van der Waals surface area contributed by atoms with Crippen molar-refractivity contribution in [2.75, 3.05) is 19.4 Å². The Labute approximate surface area is 94.8 Å². The van der Waals surface area contributed by atoms with E-state index in [0.29, 0.717) is 0 Å². The minimum Gasteiger partial charge on any atom is -0.497 e. The molecule has 4 heteroatoms. The van der Waals surface area contributed by atoms with Crippen LogP contribution in [0.3, 0.4) is 0 Å². The van der Waals surface area contributed by atoms with Crippen LogP contribution in [0.1, 0.15) is 5.56 Å². The standard InChI is InChI=1S/C10H13NOS.ClH/c1-12-9-2-3-10-8(6-9)7-11-4-5-13-10;/h2-3,6,11H,4-5,7H2,1H3;1H. The molecule has 1 N–H and O–H groups in total. The molecule has 0 aliphatic carbocycles. The van der Waals surface area contributed by atoms with Gasteiger partial charge in [-0.1, -0.05) is 0 Å². The van der Waals surface area contributed by atoms with Gasteiger partial charge in [0.1, 0.15) is 5.75 Å². The molecule has 2 nitrogen and oxygen atoms in total. The summed E-state index contributed by atoms with van der Waals surface area (Å²) in [5, 5.41) is 3.38. The van der Waals surface area contributed by atoms with Crippen molar-refractivity contribution in [3.05, 3.63) is 23.8 Å². The van der Waals surface area contributed by atoms with Crippen LogP contribution in [0.2, 0.25) is 0 Å². The van der Waals surface area contributed by atoms with E-state index in [-0.39, 0.29) is 12.4 Å². The van der Waals surface area contributed by atoms with Crippen LogP contribution in [-0.4, -0.2) is 19.4 Å². The fraction of sp³-hybridized carbons (Fsp3) is 0.400. The molecule has 14 heavy (non-hydrogen) atoms. The number of hydrogen-bond donors (Lipinski definition) is 1. The van der Waals surface area contributed by atoms with Gasteiger partial charge in [0.2, 0.25) is 0 Å². The van der Waals surface area contributed by atoms with Gasteiger partial charge in [-0.25, -0.2) is 0 Å². The average Bonchev–Trinajstić information content (AvgIpc) is 2.41. The van der Waals surface area contributed by atoms with Crippen LogP contribution in [0.25, 0.3) is 0 Å². The number of fused-ring (bicyclic) bond motifs is 1. The first kappa shape index (κ1) is 11.7. The second kappa shape index (κ2) is 5.49. The van der Waals surface area contributed by atoms with Crippen molar-refractivity contribution in [1.29, 1.82) is 0 Å². The second-order valence-corrected chi connectivity index (χ2v) is 4.14. The third kappa shape index (κ3) is 2.56. The summed E-state index contributed by atoms with van der Waals surface area (Å²) in [6.45, 7) is 2.04. The predicted octanol–water partition coefficient (Wildman–Crippen LogP) is 2.31. The normalized spacial score (nSPS) is 14.9. The average molecular weight is 232 g/mol. The fourth-order valence-electron chi connectivity index (χ4n) is 1.42. The van der Waals surface area contributed by atoms with Gasteiger partial charge in [0, 0.05) is 23.7 Å². The molecule has 0 spiro atoms. The van der Waals surface area contributed by atoms with E-state index in [4.69, 9.17) is 4.74 Å². The highest BCUT2D eigenvalue weighted by molar-refractivity contribution is 7.99. The highest BCUT2D eigenvalue weighted by atomic mass is 35.5. The number of ether oxygens (including phenoxy) is 1. The summed E-state index contributed by atoms with van der Waals surface area (Å²) >= 11 is 1.91. The molecule has 0 radical (unpaired) electrons. The number of halogens is 1. The molecule has 0 saturated heterocycles. The van der Waals surface area contributed by atoms with Crippen molar-refractivity contribution in [3.8, 4) is 5.75 Å². The Morgan fingerprint density at radius 3 is 3.07 bits per heavy atom. The molecular weight excluding hydrogens is 218 g/mol. The van der Waals surface area contributed by atoms with E-state index in [2.05, 4.69) is 17.4 Å². The van der Waals surface area contributed by atoms with E-state index in [0.717, 1.165) is 24.6 Å². The van der Waals surface area contributed by atoms with Crippen LogP contribution in [0.5, 0.6) is 5.75 Å². The Morgan fingerprint density at radius 2 is 2.29 bits per heavy atom. The first-order chi connectivity index (χ1) is 6.40. The number of nitrogens with one attached hydrogen (secondary N) is 1. The van der Waals surface area contributed by atoms with Crippen molar-refractivity contribution in [2.24, 2.45) is 0 Å². The Morgan fingerprint density at radius 1 is 1.43 bits per heavy atom. The lowest BCUT2D eigenvalue weighted by Gasteiger charge is -2.06. The zero-order valence-electron chi connectivity index (χ0n) is 8.08. The minimum atomic E-state index is 0. The van der Waals surface area contributed by atoms with Gasteiger partial charge in [-0.3, -0.25) is 0 Å². The number of benzene rings is 1. The summed E-state index contributed by atoms with van der Waals surface area (Å²) in [7, 11) is 1.71. The highest BCUT2D eigenvalue weighted by Crippen LogP contribution is 2.27. The molecule has 0 unspecified atom stereocenters. The van der Waals surface area contributed by atoms with E-state index in [1.165, 1.54) is 10.5 Å². The molecular formula is C10H14ClNOS. The van der Waals surface area contributed by atoms with Crippen LogP contribution >= 0.6 is 24.2 Å². The minimum absolute atomic E-state index is 0. The Bertz CT molecular complexity index is 306. The molecule has 0 fully saturated rings. The number of thioether (sulfide) groups is 1. The molecule has 2 rings (SSSR count). The number of hydrogen-bond acceptors (Lipinski definition) is 3. The van der Waals surface area contributed by atoms with Gasteiger partial charge in [-0.15, -0.1) is 24.2 Å². The van der Waals surface area contributed by atoms with E-state index in [1.807, 2.05) is 17.8 Å². The fourth-order valence-corrected chi connectivity index (χ4v) is 2.37. The third-order valence-corrected chi connectivity index (χ3v) is 3.24. The van der Waals surface area contributed by atoms with Crippen molar-refractivity contribution in [2.45, 2.75) is 11.4 Å². The van der Waals surface area contributed by atoms with Crippen LogP contribution < -0.4 is 10.1 Å². The zero-order valence-corrected chi connectivity index (χ0v) is 9.71. The first-order valence-corrected chi connectivity index (χ1v) is 5.39. The summed E-state index contributed by atoms with van der Waals surface area (Å²) in [5.41, 5.74) is 1.35. The van der Waals surface area contributed by atoms with Crippen LogP contribution in [0.4, 0.5) is 0 Å². The van der Waals surface area contributed by atoms with Gasteiger partial charge in [0.05, 0.1) is 7.11 Å². The van der Waals surface area contributed by atoms with E-state index in [1.54, 1.807) is 7.11 Å². The molecule has 1 aliphatic heterocycles. The topological polar surface area (TPSA) is 21.3 Å². The van der Waals surface area contributed by atoms with Crippen LogP contribution in [0.15, 0.2) is 23.1 Å². The van der Waals surface area contributed by atoms with E-state index >= 15 is 0 Å². The molecule has 1 heterocycles. The summed E-state index contributed by atoms with van der Waals surface area (Å²) < 4.78 is 5.18. The molecule has 1 aromatic carbocycles. The summed E-state index contributed by atoms with van der Waals surface area (Å²) in [4.78, 5) is 1.38. The number of rotatable bonds is 1. The molecule has 0 atom stereocenters. The molecule has 0 saturated carbocycles. The summed E-state index contributed by atoms with van der Waals surface area (Å²) in [6, 6.07) is 6.28. The van der Waals surface area contributed by atoms with Crippen molar-refractivity contribution < 1.29 is 4.74 Å². The van der Waals surface area contributed by atoms with Crippen LogP contribution in [-0.2, 0) is 6.54 Å². The largest absolute Gasteiger partial charge is 0.497 e. The Balaban J connectivity index is 0.000000980. The molecule has 0 amide bonds. The van der Waals surface area contributed by atoms with Gasteiger partial charge >= 0.3 is 0 Å². The summed E-state index contributed by atoms with van der Waals surface area (Å²) in [6.07, 6.45) is 0. The van der Waals surface area contributed by atoms with Crippen LogP contribution in [0, 0.1) is 0 Å². The molecule has 0 aromatic heterocycles. The molecule has 0 bridgehead atoms. The maximum absolute atomic E-state index is 5.18. The summed E-state index contributed by atoms with van der Waals surface area (Å²) in [5.74, 6) is 2.10. The maximum atomic E-state index is 5.18. The van der Waals surface area contributed by atoms with Gasteiger partial charge in [-0.05, 0) is 23.8 Å². The quantitative estimate of drug-likeness (QED) is 0.802. The monoisotopic (exact) mass is 231 g/mol. The second-order valence-electron chi connectivity index (χ2n) is 3.00. The molecule has 1 aliphatic rings. The lowest BCUT2D eigenvalue weighted by atomic mass is 10.2. The van der Waals surface area contributed by atoms with Gasteiger partial charge in [0.15, 0.2) is 0 Å². The lowest BCUT2D eigenvalue weighted by Crippen LogP contribution is -2.13.